The number of rotatable bonds is 5. The highest BCUT2D eigenvalue weighted by atomic mass is 15.1. The lowest BCUT2D eigenvalue weighted by Crippen LogP contribution is -2.05. The minimum absolute atomic E-state index is 0.587. The monoisotopic (exact) mass is 408 g/mol. The molecule has 0 aliphatic carbocycles. The summed E-state index contributed by atoms with van der Waals surface area (Å²) in [7, 11) is 0. The molecule has 0 saturated heterocycles. The van der Waals surface area contributed by atoms with Gasteiger partial charge in [-0.05, 0) is 37.1 Å². The Morgan fingerprint density at radius 2 is 1.81 bits per heavy atom. The van der Waals surface area contributed by atoms with Gasteiger partial charge in [0.15, 0.2) is 11.5 Å². The van der Waals surface area contributed by atoms with E-state index >= 15 is 0 Å². The molecule has 0 spiro atoms. The van der Waals surface area contributed by atoms with Gasteiger partial charge < -0.3 is 5.32 Å². The molecule has 8 nitrogen and oxygen atoms in total. The van der Waals surface area contributed by atoms with Gasteiger partial charge in [0, 0.05) is 55.0 Å². The van der Waals surface area contributed by atoms with Crippen molar-refractivity contribution in [2.45, 2.75) is 20.4 Å². The molecule has 31 heavy (non-hydrogen) atoms. The summed E-state index contributed by atoms with van der Waals surface area (Å²) in [4.78, 5) is 26.5. The number of anilines is 1. The first-order valence-corrected chi connectivity index (χ1v) is 9.90. The van der Waals surface area contributed by atoms with E-state index in [-0.39, 0.29) is 0 Å². The highest BCUT2D eigenvalue weighted by Crippen LogP contribution is 2.24. The number of aromatic nitrogens is 7. The number of hydrogen-bond donors (Lipinski definition) is 1. The lowest BCUT2D eigenvalue weighted by atomic mass is 10.1. The Bertz CT molecular complexity index is 1360. The van der Waals surface area contributed by atoms with Crippen molar-refractivity contribution in [3.8, 4) is 22.6 Å². The van der Waals surface area contributed by atoms with E-state index in [4.69, 9.17) is 0 Å². The van der Waals surface area contributed by atoms with Crippen LogP contribution < -0.4 is 5.32 Å². The fraction of sp³-hybridized carbons (Fsp3) is 0.130. The lowest BCUT2D eigenvalue weighted by Gasteiger charge is -2.10. The number of fused-ring (bicyclic) bond motifs is 1. The summed E-state index contributed by atoms with van der Waals surface area (Å²) in [6, 6.07) is 6.17. The third-order valence-electron chi connectivity index (χ3n) is 5.02. The standard InChI is InChI=1S/C23H20N8/c1-15-9-17(11-28-21(15)18-3-4-25-16(2)10-18)12-29-22-23-30-14-20(31(23)8-7-27-22)19-13-24-5-6-26-19/h3-11,13-14H,12H2,1-2H3,(H,27,29). The van der Waals surface area contributed by atoms with E-state index in [0.29, 0.717) is 12.4 Å². The van der Waals surface area contributed by atoms with Gasteiger partial charge in [0.1, 0.15) is 5.69 Å². The number of hydrogen-bond acceptors (Lipinski definition) is 7. The van der Waals surface area contributed by atoms with Crippen LogP contribution in [0.1, 0.15) is 16.8 Å². The molecule has 5 aromatic rings. The molecule has 0 radical (unpaired) electrons. The number of nitrogens with zero attached hydrogens (tertiary/aromatic N) is 7. The van der Waals surface area contributed by atoms with Gasteiger partial charge in [-0.1, -0.05) is 6.07 Å². The molecule has 5 aromatic heterocycles. The predicted molar refractivity (Wildman–Crippen MR) is 118 cm³/mol. The molecule has 0 saturated carbocycles. The molecule has 0 unspecified atom stereocenters. The smallest absolute Gasteiger partial charge is 0.180 e. The largest absolute Gasteiger partial charge is 0.363 e. The topological polar surface area (TPSA) is 93.8 Å². The van der Waals surface area contributed by atoms with E-state index < -0.39 is 0 Å². The van der Waals surface area contributed by atoms with Crippen molar-refractivity contribution in [1.82, 2.24) is 34.3 Å². The van der Waals surface area contributed by atoms with E-state index in [9.17, 15) is 0 Å². The van der Waals surface area contributed by atoms with Crippen molar-refractivity contribution in [3.05, 3.63) is 84.6 Å². The summed E-state index contributed by atoms with van der Waals surface area (Å²) in [6.07, 6.45) is 14.1. The van der Waals surface area contributed by atoms with Crippen molar-refractivity contribution in [2.75, 3.05) is 5.32 Å². The van der Waals surface area contributed by atoms with Crippen LogP contribution in [0.4, 0.5) is 5.82 Å². The minimum atomic E-state index is 0.587. The van der Waals surface area contributed by atoms with Gasteiger partial charge in [-0.2, -0.15) is 0 Å². The van der Waals surface area contributed by atoms with Gasteiger partial charge in [-0.3, -0.25) is 24.3 Å². The maximum atomic E-state index is 4.68. The van der Waals surface area contributed by atoms with E-state index in [1.54, 1.807) is 31.0 Å². The fourth-order valence-corrected chi connectivity index (χ4v) is 3.58. The van der Waals surface area contributed by atoms with E-state index in [0.717, 1.165) is 45.1 Å². The normalized spacial score (nSPS) is 11.0. The Balaban J connectivity index is 1.39. The highest BCUT2D eigenvalue weighted by Gasteiger charge is 2.12. The van der Waals surface area contributed by atoms with Crippen LogP contribution in [0.2, 0.25) is 0 Å². The van der Waals surface area contributed by atoms with E-state index in [1.165, 1.54) is 0 Å². The molecule has 0 aromatic carbocycles. The zero-order valence-electron chi connectivity index (χ0n) is 17.2. The minimum Gasteiger partial charge on any atom is -0.363 e. The van der Waals surface area contributed by atoms with Crippen molar-refractivity contribution >= 4 is 11.5 Å². The van der Waals surface area contributed by atoms with Gasteiger partial charge in [0.2, 0.25) is 0 Å². The molecule has 5 rings (SSSR count). The van der Waals surface area contributed by atoms with Gasteiger partial charge in [0.05, 0.1) is 23.8 Å². The Kier molecular flexibility index (Phi) is 4.80. The SMILES string of the molecule is Cc1cc(-c2ncc(CNc3nccn4c(-c5cnccn5)cnc34)cc2C)ccn1. The van der Waals surface area contributed by atoms with E-state index in [2.05, 4.69) is 48.2 Å². The van der Waals surface area contributed by atoms with Crippen LogP contribution in [0.25, 0.3) is 28.3 Å². The number of nitrogens with one attached hydrogen (secondary N) is 1. The molecule has 0 aliphatic rings. The zero-order chi connectivity index (χ0) is 21.2. The van der Waals surface area contributed by atoms with Crippen LogP contribution in [0.15, 0.2) is 67.8 Å². The van der Waals surface area contributed by atoms with Crippen LogP contribution >= 0.6 is 0 Å². The average Bonchev–Trinajstić information content (AvgIpc) is 3.23. The third kappa shape index (κ3) is 3.71. The molecule has 5 heterocycles. The predicted octanol–water partition coefficient (Wildman–Crippen LogP) is 3.87. The van der Waals surface area contributed by atoms with Crippen LogP contribution in [-0.2, 0) is 6.54 Å². The zero-order valence-corrected chi connectivity index (χ0v) is 17.2. The maximum Gasteiger partial charge on any atom is 0.180 e. The molecule has 0 fully saturated rings. The first kappa shape index (κ1) is 18.8. The molecular formula is C23H20N8. The van der Waals surface area contributed by atoms with Crippen LogP contribution in [0.3, 0.4) is 0 Å². The maximum absolute atomic E-state index is 4.68. The summed E-state index contributed by atoms with van der Waals surface area (Å²) in [6.45, 7) is 4.64. The Morgan fingerprint density at radius 3 is 2.61 bits per heavy atom. The first-order chi connectivity index (χ1) is 15.2. The quantitative estimate of drug-likeness (QED) is 0.472. The van der Waals surface area contributed by atoms with Gasteiger partial charge in [-0.25, -0.2) is 9.97 Å². The summed E-state index contributed by atoms with van der Waals surface area (Å²) < 4.78 is 1.96. The summed E-state index contributed by atoms with van der Waals surface area (Å²) in [5.74, 6) is 0.698. The van der Waals surface area contributed by atoms with Crippen molar-refractivity contribution < 1.29 is 0 Å². The summed E-state index contributed by atoms with van der Waals surface area (Å²) in [5.41, 5.74) is 7.55. The lowest BCUT2D eigenvalue weighted by molar-refractivity contribution is 1.05. The Morgan fingerprint density at radius 1 is 0.871 bits per heavy atom. The Labute approximate surface area is 179 Å². The van der Waals surface area contributed by atoms with E-state index in [1.807, 2.05) is 42.0 Å². The fourth-order valence-electron chi connectivity index (χ4n) is 3.58. The number of aryl methyl sites for hydroxylation is 2. The van der Waals surface area contributed by atoms with Crippen LogP contribution in [-0.4, -0.2) is 34.3 Å². The number of pyridine rings is 2. The van der Waals surface area contributed by atoms with Crippen molar-refractivity contribution in [1.29, 1.82) is 0 Å². The molecule has 152 valence electrons. The molecule has 8 heteroatoms. The second-order valence-electron chi connectivity index (χ2n) is 7.25. The van der Waals surface area contributed by atoms with Gasteiger partial charge >= 0.3 is 0 Å². The number of imidazole rings is 1. The second kappa shape index (κ2) is 7.91. The summed E-state index contributed by atoms with van der Waals surface area (Å²) in [5, 5.41) is 3.38. The molecule has 0 aliphatic heterocycles. The first-order valence-electron chi connectivity index (χ1n) is 9.90. The molecule has 0 atom stereocenters. The van der Waals surface area contributed by atoms with Gasteiger partial charge in [0.25, 0.3) is 0 Å². The molecule has 1 N–H and O–H groups in total. The van der Waals surface area contributed by atoms with Crippen molar-refractivity contribution in [2.24, 2.45) is 0 Å². The summed E-state index contributed by atoms with van der Waals surface area (Å²) >= 11 is 0. The molecular weight excluding hydrogens is 388 g/mol. The Hall–Kier alpha value is -4.20. The van der Waals surface area contributed by atoms with Crippen LogP contribution in [0.5, 0.6) is 0 Å². The van der Waals surface area contributed by atoms with Crippen molar-refractivity contribution in [3.63, 3.8) is 0 Å². The molecule has 0 bridgehead atoms. The second-order valence-corrected chi connectivity index (χ2v) is 7.25. The van der Waals surface area contributed by atoms with Gasteiger partial charge in [-0.15, -0.1) is 0 Å². The highest BCUT2D eigenvalue weighted by molar-refractivity contribution is 5.69. The average molecular weight is 408 g/mol. The van der Waals surface area contributed by atoms with Crippen LogP contribution in [0, 0.1) is 13.8 Å². The third-order valence-corrected chi connectivity index (χ3v) is 5.02. The molecule has 0 amide bonds.